The summed E-state index contributed by atoms with van der Waals surface area (Å²) < 4.78 is 0. The third-order valence-electron chi connectivity index (χ3n) is 2.87. The maximum absolute atomic E-state index is 2.43. The fourth-order valence-electron chi connectivity index (χ4n) is 1.66. The third-order valence-corrected chi connectivity index (χ3v) is 3.83. The van der Waals surface area contributed by atoms with E-state index in [2.05, 4.69) is 37.2 Å². The highest BCUT2D eigenvalue weighted by Gasteiger charge is 2.30. The van der Waals surface area contributed by atoms with Crippen LogP contribution in [-0.4, -0.2) is 17.5 Å². The normalized spacial score (nSPS) is 22.2. The summed E-state index contributed by atoms with van der Waals surface area (Å²) in [6.45, 7) is 5.75. The minimum atomic E-state index is 0.345. The summed E-state index contributed by atoms with van der Waals surface area (Å²) in [5.74, 6) is 0. The second-order valence-corrected chi connectivity index (χ2v) is 5.21. The Morgan fingerprint density at radius 2 is 2.25 bits per heavy atom. The van der Waals surface area contributed by atoms with E-state index in [9.17, 15) is 0 Å². The Morgan fingerprint density at radius 1 is 1.50 bits per heavy atom. The van der Waals surface area contributed by atoms with Crippen LogP contribution in [0.3, 0.4) is 0 Å². The zero-order chi connectivity index (χ0) is 8.77. The molecule has 0 unspecified atom stereocenters. The van der Waals surface area contributed by atoms with Crippen molar-refractivity contribution in [2.75, 3.05) is 7.05 Å². The van der Waals surface area contributed by atoms with Crippen molar-refractivity contribution < 1.29 is 0 Å². The van der Waals surface area contributed by atoms with Crippen LogP contribution in [0.4, 0.5) is 0 Å². The van der Waals surface area contributed by atoms with Crippen LogP contribution in [0.5, 0.6) is 0 Å². The number of fused-ring (bicyclic) bond motifs is 1. The predicted molar refractivity (Wildman–Crippen MR) is 53.6 cm³/mol. The first-order chi connectivity index (χ1) is 5.59. The van der Waals surface area contributed by atoms with Gasteiger partial charge in [-0.3, -0.25) is 4.90 Å². The average molecular weight is 181 g/mol. The summed E-state index contributed by atoms with van der Waals surface area (Å²) in [4.78, 5) is 4.01. The van der Waals surface area contributed by atoms with E-state index in [1.54, 1.807) is 4.88 Å². The van der Waals surface area contributed by atoms with Crippen LogP contribution in [0, 0.1) is 0 Å². The average Bonchev–Trinajstić information content (AvgIpc) is 2.35. The fourth-order valence-corrected chi connectivity index (χ4v) is 2.78. The Morgan fingerprint density at radius 3 is 3.00 bits per heavy atom. The standard InChI is InChI=1S/C10H15NS/c1-10(2)6-9-8(4-5-12-9)7-11(10)3/h4-5H,6-7H2,1-3H3. The lowest BCUT2D eigenvalue weighted by molar-refractivity contribution is 0.135. The first-order valence-electron chi connectivity index (χ1n) is 4.36. The van der Waals surface area contributed by atoms with Crippen LogP contribution >= 0.6 is 11.3 Å². The molecule has 0 aromatic carbocycles. The minimum Gasteiger partial charge on any atom is -0.297 e. The lowest BCUT2D eigenvalue weighted by atomic mass is 9.91. The van der Waals surface area contributed by atoms with Crippen molar-refractivity contribution in [2.45, 2.75) is 32.4 Å². The minimum absolute atomic E-state index is 0.345. The van der Waals surface area contributed by atoms with Crippen LogP contribution in [0.15, 0.2) is 11.4 Å². The summed E-state index contributed by atoms with van der Waals surface area (Å²) in [6.07, 6.45) is 1.20. The Balaban J connectivity index is 2.35. The Labute approximate surface area is 78.0 Å². The first kappa shape index (κ1) is 8.27. The molecule has 1 aliphatic heterocycles. The molecule has 0 saturated heterocycles. The van der Waals surface area contributed by atoms with Crippen LogP contribution < -0.4 is 0 Å². The van der Waals surface area contributed by atoms with Crippen molar-refractivity contribution in [3.8, 4) is 0 Å². The van der Waals surface area contributed by atoms with Crippen molar-refractivity contribution in [3.05, 3.63) is 21.9 Å². The molecule has 1 nitrogen and oxygen atoms in total. The number of hydrogen-bond acceptors (Lipinski definition) is 2. The molecule has 0 fully saturated rings. The summed E-state index contributed by atoms with van der Waals surface area (Å²) in [7, 11) is 2.21. The van der Waals surface area contributed by atoms with Gasteiger partial charge in [0.2, 0.25) is 0 Å². The van der Waals surface area contributed by atoms with E-state index in [0.29, 0.717) is 5.54 Å². The van der Waals surface area contributed by atoms with Crippen LogP contribution in [0.25, 0.3) is 0 Å². The van der Waals surface area contributed by atoms with Gasteiger partial charge < -0.3 is 0 Å². The molecule has 0 N–H and O–H groups in total. The molecule has 2 heteroatoms. The van der Waals surface area contributed by atoms with Gasteiger partial charge in [-0.2, -0.15) is 0 Å². The topological polar surface area (TPSA) is 3.24 Å². The molecule has 2 rings (SSSR count). The fraction of sp³-hybridized carbons (Fsp3) is 0.600. The zero-order valence-corrected chi connectivity index (χ0v) is 8.74. The van der Waals surface area contributed by atoms with Crippen LogP contribution in [0.2, 0.25) is 0 Å². The first-order valence-corrected chi connectivity index (χ1v) is 5.24. The Kier molecular flexibility index (Phi) is 1.77. The van der Waals surface area contributed by atoms with E-state index in [1.165, 1.54) is 12.0 Å². The van der Waals surface area contributed by atoms with Gasteiger partial charge in [-0.25, -0.2) is 0 Å². The van der Waals surface area contributed by atoms with Crippen molar-refractivity contribution in [2.24, 2.45) is 0 Å². The molecule has 1 aromatic rings. The highest BCUT2D eigenvalue weighted by Crippen LogP contribution is 2.32. The van der Waals surface area contributed by atoms with Gasteiger partial charge in [0.1, 0.15) is 0 Å². The lowest BCUT2D eigenvalue weighted by Crippen LogP contribution is -2.45. The summed E-state index contributed by atoms with van der Waals surface area (Å²) >= 11 is 1.90. The van der Waals surface area contributed by atoms with E-state index in [1.807, 2.05) is 11.3 Å². The quantitative estimate of drug-likeness (QED) is 0.594. The summed E-state index contributed by atoms with van der Waals surface area (Å²) in [5.41, 5.74) is 1.87. The van der Waals surface area contributed by atoms with E-state index >= 15 is 0 Å². The lowest BCUT2D eigenvalue weighted by Gasteiger charge is -2.39. The Hall–Kier alpha value is -0.340. The predicted octanol–water partition coefficient (Wildman–Crippen LogP) is 2.51. The summed E-state index contributed by atoms with van der Waals surface area (Å²) in [5, 5.41) is 2.21. The van der Waals surface area contributed by atoms with Crippen molar-refractivity contribution >= 4 is 11.3 Å². The molecule has 2 heterocycles. The maximum atomic E-state index is 2.43. The van der Waals surface area contributed by atoms with Gasteiger partial charge in [0.15, 0.2) is 0 Å². The smallest absolute Gasteiger partial charge is 0.0247 e. The number of thiophene rings is 1. The van der Waals surface area contributed by atoms with Gasteiger partial charge in [-0.1, -0.05) is 0 Å². The molecular weight excluding hydrogens is 166 g/mol. The third kappa shape index (κ3) is 1.19. The molecule has 0 atom stereocenters. The van der Waals surface area contributed by atoms with Crippen molar-refractivity contribution in [3.63, 3.8) is 0 Å². The van der Waals surface area contributed by atoms with E-state index in [0.717, 1.165) is 6.54 Å². The maximum Gasteiger partial charge on any atom is 0.0247 e. The highest BCUT2D eigenvalue weighted by molar-refractivity contribution is 7.10. The van der Waals surface area contributed by atoms with Crippen LogP contribution in [0.1, 0.15) is 24.3 Å². The molecule has 0 saturated carbocycles. The van der Waals surface area contributed by atoms with Gasteiger partial charge in [-0.15, -0.1) is 11.3 Å². The molecule has 66 valence electrons. The number of nitrogens with zero attached hydrogens (tertiary/aromatic N) is 1. The van der Waals surface area contributed by atoms with E-state index < -0.39 is 0 Å². The second kappa shape index (κ2) is 2.57. The zero-order valence-electron chi connectivity index (χ0n) is 7.92. The summed E-state index contributed by atoms with van der Waals surface area (Å²) in [6, 6.07) is 2.26. The second-order valence-electron chi connectivity index (χ2n) is 4.21. The molecule has 0 amide bonds. The van der Waals surface area contributed by atoms with Gasteiger partial charge in [0.05, 0.1) is 0 Å². The molecule has 0 spiro atoms. The van der Waals surface area contributed by atoms with Gasteiger partial charge >= 0.3 is 0 Å². The molecular formula is C10H15NS. The van der Waals surface area contributed by atoms with Gasteiger partial charge in [0, 0.05) is 17.0 Å². The number of likely N-dealkylation sites (N-methyl/N-ethyl adjacent to an activating group) is 1. The highest BCUT2D eigenvalue weighted by atomic mass is 32.1. The molecule has 12 heavy (non-hydrogen) atoms. The molecule has 0 bridgehead atoms. The molecule has 0 radical (unpaired) electrons. The van der Waals surface area contributed by atoms with E-state index in [4.69, 9.17) is 0 Å². The molecule has 1 aromatic heterocycles. The molecule has 0 aliphatic carbocycles. The Bertz CT molecular complexity index is 288. The van der Waals surface area contributed by atoms with Crippen molar-refractivity contribution in [1.29, 1.82) is 0 Å². The van der Waals surface area contributed by atoms with E-state index in [-0.39, 0.29) is 0 Å². The number of rotatable bonds is 0. The van der Waals surface area contributed by atoms with Gasteiger partial charge in [0.25, 0.3) is 0 Å². The van der Waals surface area contributed by atoms with Crippen LogP contribution in [-0.2, 0) is 13.0 Å². The SMILES string of the molecule is CN1Cc2ccsc2CC1(C)C. The largest absolute Gasteiger partial charge is 0.297 e. The number of hydrogen-bond donors (Lipinski definition) is 0. The van der Waals surface area contributed by atoms with Gasteiger partial charge in [-0.05, 0) is 44.3 Å². The molecule has 1 aliphatic rings. The monoisotopic (exact) mass is 181 g/mol. The van der Waals surface area contributed by atoms with Crippen molar-refractivity contribution in [1.82, 2.24) is 4.90 Å².